The predicted octanol–water partition coefficient (Wildman–Crippen LogP) is 6.17. The van der Waals surface area contributed by atoms with Crippen LogP contribution in [0, 0.1) is 0 Å². The number of nitrogen functional groups attached to an aromatic ring is 1. The first-order valence-electron chi connectivity index (χ1n) is 15.3. The van der Waals surface area contributed by atoms with E-state index in [0.717, 1.165) is 17.5 Å². The molecule has 9 nitrogen and oxygen atoms in total. The maximum absolute atomic E-state index is 14.2. The second kappa shape index (κ2) is 13.9. The second-order valence-corrected chi connectivity index (χ2v) is 19.8. The normalized spacial score (nSPS) is 17.6. The van der Waals surface area contributed by atoms with Crippen LogP contribution >= 0.6 is 0 Å². The number of nitrogens with one attached hydrogen (secondary N) is 1. The van der Waals surface area contributed by atoms with E-state index in [1.54, 1.807) is 31.4 Å². The number of sulfonamides is 1. The van der Waals surface area contributed by atoms with Gasteiger partial charge >= 0.3 is 0 Å². The van der Waals surface area contributed by atoms with Crippen LogP contribution in [0.25, 0.3) is 0 Å². The van der Waals surface area contributed by atoms with E-state index in [0.29, 0.717) is 48.9 Å². The molecule has 3 N–H and O–H groups in total. The first-order chi connectivity index (χ1) is 21.2. The number of rotatable bonds is 11. The number of nitrogens with two attached hydrogens (primary N) is 1. The summed E-state index contributed by atoms with van der Waals surface area (Å²) >= 11 is 0. The van der Waals surface area contributed by atoms with Crippen molar-refractivity contribution >= 4 is 29.9 Å². The summed E-state index contributed by atoms with van der Waals surface area (Å²) in [6.07, 6.45) is 1.39. The van der Waals surface area contributed by atoms with Crippen molar-refractivity contribution in [2.45, 2.75) is 75.2 Å². The van der Waals surface area contributed by atoms with Crippen LogP contribution in [-0.4, -0.2) is 60.9 Å². The Hall–Kier alpha value is -3.38. The first kappa shape index (κ1) is 34.5. The number of carbonyl (C=O) groups excluding carboxylic acids is 1. The predicted molar refractivity (Wildman–Crippen MR) is 181 cm³/mol. The molecule has 1 heterocycles. The molecule has 3 aromatic carbocycles. The molecule has 0 bridgehead atoms. The molecule has 0 aromatic heterocycles. The van der Waals surface area contributed by atoms with Crippen molar-refractivity contribution < 1.29 is 27.1 Å². The van der Waals surface area contributed by atoms with Crippen molar-refractivity contribution in [3.63, 3.8) is 0 Å². The van der Waals surface area contributed by atoms with Gasteiger partial charge in [-0.15, -0.1) is 0 Å². The fourth-order valence-electron chi connectivity index (χ4n) is 5.26. The summed E-state index contributed by atoms with van der Waals surface area (Å²) in [6, 6.07) is 19.9. The number of piperidine rings is 1. The van der Waals surface area contributed by atoms with Crippen molar-refractivity contribution in [3.8, 4) is 11.5 Å². The fourth-order valence-corrected chi connectivity index (χ4v) is 7.03. The number of hydrogen-bond donors (Lipinski definition) is 2. The summed E-state index contributed by atoms with van der Waals surface area (Å²) in [6.45, 7) is 12.2. The number of nitrogens with zero attached hydrogens (tertiary/aromatic N) is 1. The summed E-state index contributed by atoms with van der Waals surface area (Å²) in [4.78, 5) is 16.3. The minimum absolute atomic E-state index is 0.0118. The molecule has 11 heteroatoms. The largest absolute Gasteiger partial charge is 0.493 e. The molecule has 4 rings (SSSR count). The highest BCUT2D eigenvalue weighted by molar-refractivity contribution is 7.89. The van der Waals surface area contributed by atoms with E-state index in [1.807, 2.05) is 47.4 Å². The van der Waals surface area contributed by atoms with Crippen LogP contribution in [0.1, 0.15) is 61.0 Å². The van der Waals surface area contributed by atoms with E-state index in [2.05, 4.69) is 38.6 Å². The molecule has 0 radical (unpaired) electrons. The number of hydrogen-bond acceptors (Lipinski definition) is 7. The van der Waals surface area contributed by atoms with Gasteiger partial charge in [0.2, 0.25) is 10.0 Å². The number of amides is 1. The summed E-state index contributed by atoms with van der Waals surface area (Å²) in [5.74, 6) is 0.854. The van der Waals surface area contributed by atoms with Crippen LogP contribution in [0.3, 0.4) is 0 Å². The lowest BCUT2D eigenvalue weighted by molar-refractivity contribution is 0.0486. The van der Waals surface area contributed by atoms with Crippen LogP contribution in [0.5, 0.6) is 11.5 Å². The topological polar surface area (TPSA) is 120 Å². The van der Waals surface area contributed by atoms with Crippen molar-refractivity contribution in [1.82, 2.24) is 9.62 Å². The van der Waals surface area contributed by atoms with E-state index in [9.17, 15) is 13.2 Å². The number of likely N-dealkylation sites (tertiary alicyclic amines) is 1. The van der Waals surface area contributed by atoms with Gasteiger partial charge in [-0.2, -0.15) is 0 Å². The summed E-state index contributed by atoms with van der Waals surface area (Å²) in [5.41, 5.74) is 9.20. The Labute approximate surface area is 269 Å². The number of carbonyl (C=O) groups is 1. The average Bonchev–Trinajstić information content (AvgIpc) is 3.02. The molecule has 1 unspecified atom stereocenters. The van der Waals surface area contributed by atoms with Crippen molar-refractivity contribution in [2.24, 2.45) is 0 Å². The third-order valence-electron chi connectivity index (χ3n) is 9.15. The Bertz CT molecular complexity index is 1570. The lowest BCUT2D eigenvalue weighted by Gasteiger charge is -2.43. The average molecular weight is 654 g/mol. The smallest absolute Gasteiger partial charge is 0.256 e. The van der Waals surface area contributed by atoms with Gasteiger partial charge in [0.15, 0.2) is 19.8 Å². The molecule has 244 valence electrons. The SMILES string of the molecule is CNS(=O)(=O)c1ccc(C2CCN(C(=O)c3cc(OC)c(OCc4ccccc4)cc3N)[C@H](CO[Si](C)(C)C(C)(C)C)C2)cc1. The van der Waals surface area contributed by atoms with E-state index in [4.69, 9.17) is 19.6 Å². The Morgan fingerprint density at radius 1 is 1.04 bits per heavy atom. The van der Waals surface area contributed by atoms with E-state index in [-0.39, 0.29) is 27.8 Å². The minimum atomic E-state index is -3.53. The molecule has 45 heavy (non-hydrogen) atoms. The number of methoxy groups -OCH3 is 1. The lowest BCUT2D eigenvalue weighted by atomic mass is 9.85. The van der Waals surface area contributed by atoms with Gasteiger partial charge in [0.1, 0.15) is 6.61 Å². The van der Waals surface area contributed by atoms with Crippen LogP contribution < -0.4 is 19.9 Å². The standard InChI is InChI=1S/C34H47N3O6SSi/c1-34(2,3)45(6,7)43-23-27-19-26(25-13-15-28(16-14-25)44(39,40)36-4)17-18-37(27)33(38)29-20-31(41-5)32(21-30(29)35)42-22-24-11-9-8-10-12-24/h8-16,20-21,26-27,36H,17-19,22-23,35H2,1-7H3/t26?,27-/m0/s1. The van der Waals surface area contributed by atoms with Gasteiger partial charge in [-0.25, -0.2) is 13.1 Å². The summed E-state index contributed by atoms with van der Waals surface area (Å²) < 4.78 is 45.2. The van der Waals surface area contributed by atoms with Gasteiger partial charge in [-0.05, 0) is 73.3 Å². The van der Waals surface area contributed by atoms with E-state index < -0.39 is 18.3 Å². The molecule has 3 aromatic rings. The lowest BCUT2D eigenvalue weighted by Crippen LogP contribution is -2.51. The molecule has 1 aliphatic heterocycles. The van der Waals surface area contributed by atoms with Gasteiger partial charge < -0.3 is 24.5 Å². The molecule has 1 amide bonds. The number of ether oxygens (including phenoxy) is 2. The Kier molecular flexibility index (Phi) is 10.7. The van der Waals surface area contributed by atoms with Crippen LogP contribution in [-0.2, 0) is 21.1 Å². The minimum Gasteiger partial charge on any atom is -0.493 e. The molecule has 1 fully saturated rings. The third-order valence-corrected chi connectivity index (χ3v) is 15.1. The zero-order chi connectivity index (χ0) is 33.0. The van der Waals surface area contributed by atoms with E-state index >= 15 is 0 Å². The third kappa shape index (κ3) is 8.07. The zero-order valence-electron chi connectivity index (χ0n) is 27.4. The molecular formula is C34H47N3O6SSi. The van der Waals surface area contributed by atoms with Crippen molar-refractivity contribution in [1.29, 1.82) is 0 Å². The van der Waals surface area contributed by atoms with Gasteiger partial charge in [0.05, 0.1) is 30.2 Å². The van der Waals surface area contributed by atoms with Gasteiger partial charge in [0.25, 0.3) is 5.91 Å². The summed E-state index contributed by atoms with van der Waals surface area (Å²) in [7, 11) is -2.69. The highest BCUT2D eigenvalue weighted by Gasteiger charge is 2.40. The van der Waals surface area contributed by atoms with Gasteiger partial charge in [0, 0.05) is 18.3 Å². The summed E-state index contributed by atoms with van der Waals surface area (Å²) in [5, 5.41) is 0.0118. The molecule has 1 aliphatic rings. The number of benzene rings is 3. The van der Waals surface area contributed by atoms with Crippen LogP contribution in [0.15, 0.2) is 71.6 Å². The van der Waals surface area contributed by atoms with Crippen LogP contribution in [0.2, 0.25) is 18.1 Å². The fraction of sp³-hybridized carbons (Fsp3) is 0.441. The monoisotopic (exact) mass is 653 g/mol. The first-order valence-corrected chi connectivity index (χ1v) is 19.7. The number of anilines is 1. The highest BCUT2D eigenvalue weighted by Crippen LogP contribution is 2.40. The van der Waals surface area contributed by atoms with E-state index in [1.165, 1.54) is 7.05 Å². The molecule has 0 saturated carbocycles. The maximum atomic E-state index is 14.2. The zero-order valence-corrected chi connectivity index (χ0v) is 29.2. The Morgan fingerprint density at radius 3 is 2.31 bits per heavy atom. The van der Waals surface area contributed by atoms with Crippen molar-refractivity contribution in [2.75, 3.05) is 33.0 Å². The highest BCUT2D eigenvalue weighted by atomic mass is 32.2. The molecular weight excluding hydrogens is 607 g/mol. The molecule has 0 spiro atoms. The molecule has 0 aliphatic carbocycles. The quantitative estimate of drug-likeness (QED) is 0.188. The van der Waals surface area contributed by atoms with Crippen LogP contribution in [0.4, 0.5) is 5.69 Å². The Morgan fingerprint density at radius 2 is 1.71 bits per heavy atom. The van der Waals surface area contributed by atoms with Gasteiger partial charge in [-0.3, -0.25) is 4.79 Å². The molecule has 2 atom stereocenters. The van der Waals surface area contributed by atoms with Crippen molar-refractivity contribution in [3.05, 3.63) is 83.4 Å². The second-order valence-electron chi connectivity index (χ2n) is 13.1. The molecule has 1 saturated heterocycles. The Balaban J connectivity index is 1.59. The maximum Gasteiger partial charge on any atom is 0.256 e. The van der Waals surface area contributed by atoms with Gasteiger partial charge in [-0.1, -0.05) is 63.2 Å².